The van der Waals surface area contributed by atoms with Crippen LogP contribution in [0.4, 0.5) is 0 Å². The molecule has 46 heavy (non-hydrogen) atoms. The minimum Gasteiger partial charge on any atom is -0.251 e. The molecule has 218 valence electrons. The molecule has 0 bridgehead atoms. The van der Waals surface area contributed by atoms with Crippen LogP contribution in [0, 0.1) is 13.8 Å². The number of pyridine rings is 2. The van der Waals surface area contributed by atoms with Crippen molar-refractivity contribution in [3.63, 3.8) is 0 Å². The number of aryl methyl sites for hydroxylation is 2. The number of hydrogen-bond donors (Lipinski definition) is 0. The van der Waals surface area contributed by atoms with Gasteiger partial charge in [0.25, 0.3) is 0 Å². The van der Waals surface area contributed by atoms with Crippen molar-refractivity contribution in [1.82, 2.24) is 24.9 Å². The Bertz CT molecular complexity index is 2310. The molecule has 3 aromatic heterocycles. The van der Waals surface area contributed by atoms with Crippen molar-refractivity contribution >= 4 is 21.8 Å². The Morgan fingerprint density at radius 2 is 0.935 bits per heavy atom. The van der Waals surface area contributed by atoms with Crippen LogP contribution in [0.15, 0.2) is 140 Å². The van der Waals surface area contributed by atoms with Gasteiger partial charge in [0.2, 0.25) is 0 Å². The fourth-order valence-electron chi connectivity index (χ4n) is 5.97. The zero-order valence-electron chi connectivity index (χ0n) is 25.5. The second-order valence-electron chi connectivity index (χ2n) is 11.5. The third-order valence-electron chi connectivity index (χ3n) is 8.31. The predicted molar refractivity (Wildman–Crippen MR) is 187 cm³/mol. The highest BCUT2D eigenvalue weighted by Gasteiger charge is 2.13. The van der Waals surface area contributed by atoms with Crippen LogP contribution in [0.3, 0.4) is 0 Å². The molecule has 0 amide bonds. The van der Waals surface area contributed by atoms with Gasteiger partial charge in [-0.25, -0.2) is 19.9 Å². The normalized spacial score (nSPS) is 11.3. The number of aromatic nitrogens is 5. The molecule has 0 aliphatic carbocycles. The summed E-state index contributed by atoms with van der Waals surface area (Å²) in [6, 6.07) is 47.6. The van der Waals surface area contributed by atoms with Crippen molar-refractivity contribution in [2.45, 2.75) is 13.8 Å². The molecule has 8 rings (SSSR count). The second kappa shape index (κ2) is 11.5. The molecule has 3 heterocycles. The van der Waals surface area contributed by atoms with E-state index in [2.05, 4.69) is 85.8 Å². The largest absolute Gasteiger partial charge is 0.251 e. The standard InChI is InChI=1S/C41H29N5/c1-26-24-27(2)42-38-35(26)22-20-30-21-23-36(43-37(30)38)29-18-16-28(17-19-29)33-14-9-15-34(25-33)41-45-39(31-10-5-3-6-11-31)44-40(46-41)32-12-7-4-8-13-32/h3-25H,1-2H3. The van der Waals surface area contributed by atoms with Gasteiger partial charge in [0, 0.05) is 38.7 Å². The maximum atomic E-state index is 5.09. The molecule has 5 heteroatoms. The summed E-state index contributed by atoms with van der Waals surface area (Å²) in [5, 5.41) is 2.23. The third kappa shape index (κ3) is 5.18. The number of nitrogens with zero attached hydrogens (tertiary/aromatic N) is 5. The van der Waals surface area contributed by atoms with E-state index in [9.17, 15) is 0 Å². The Labute approximate surface area is 267 Å². The molecule has 0 saturated carbocycles. The van der Waals surface area contributed by atoms with Crippen molar-refractivity contribution in [2.75, 3.05) is 0 Å². The molecule has 0 aliphatic rings. The van der Waals surface area contributed by atoms with Gasteiger partial charge in [-0.15, -0.1) is 0 Å². The number of rotatable bonds is 5. The van der Waals surface area contributed by atoms with Gasteiger partial charge in [-0.2, -0.15) is 0 Å². The summed E-state index contributed by atoms with van der Waals surface area (Å²) in [4.78, 5) is 24.6. The van der Waals surface area contributed by atoms with Crippen LogP contribution >= 0.6 is 0 Å². The van der Waals surface area contributed by atoms with Crippen LogP contribution in [-0.2, 0) is 0 Å². The van der Waals surface area contributed by atoms with Gasteiger partial charge in [-0.1, -0.05) is 121 Å². The Kier molecular flexibility index (Phi) is 6.84. The van der Waals surface area contributed by atoms with E-state index in [-0.39, 0.29) is 0 Å². The lowest BCUT2D eigenvalue weighted by Gasteiger charge is -2.10. The van der Waals surface area contributed by atoms with Crippen molar-refractivity contribution in [1.29, 1.82) is 0 Å². The highest BCUT2D eigenvalue weighted by molar-refractivity contribution is 6.04. The van der Waals surface area contributed by atoms with Gasteiger partial charge in [-0.05, 0) is 48.7 Å². The molecular weight excluding hydrogens is 562 g/mol. The lowest BCUT2D eigenvalue weighted by Crippen LogP contribution is -2.00. The van der Waals surface area contributed by atoms with Crippen LogP contribution in [0.1, 0.15) is 11.3 Å². The first-order valence-electron chi connectivity index (χ1n) is 15.3. The van der Waals surface area contributed by atoms with Crippen LogP contribution in [0.2, 0.25) is 0 Å². The van der Waals surface area contributed by atoms with Crippen LogP contribution < -0.4 is 0 Å². The quantitative estimate of drug-likeness (QED) is 0.186. The van der Waals surface area contributed by atoms with E-state index in [1.54, 1.807) is 0 Å². The van der Waals surface area contributed by atoms with E-state index >= 15 is 0 Å². The minimum absolute atomic E-state index is 0.637. The van der Waals surface area contributed by atoms with Crippen LogP contribution in [0.25, 0.3) is 78.4 Å². The molecule has 0 radical (unpaired) electrons. The van der Waals surface area contributed by atoms with Gasteiger partial charge in [0.1, 0.15) is 0 Å². The average Bonchev–Trinajstić information content (AvgIpc) is 3.12. The molecule has 0 aliphatic heterocycles. The first-order valence-corrected chi connectivity index (χ1v) is 15.3. The summed E-state index contributed by atoms with van der Waals surface area (Å²) in [7, 11) is 0. The van der Waals surface area contributed by atoms with Crippen molar-refractivity contribution in [3.05, 3.63) is 151 Å². The molecule has 0 spiro atoms. The highest BCUT2D eigenvalue weighted by atomic mass is 15.0. The topological polar surface area (TPSA) is 64.5 Å². The Balaban J connectivity index is 1.16. The van der Waals surface area contributed by atoms with E-state index in [1.165, 1.54) is 5.56 Å². The maximum Gasteiger partial charge on any atom is 0.164 e. The fraction of sp³-hybridized carbons (Fsp3) is 0.0488. The number of benzene rings is 5. The summed E-state index contributed by atoms with van der Waals surface area (Å²) < 4.78 is 0. The monoisotopic (exact) mass is 591 g/mol. The predicted octanol–water partition coefficient (Wildman–Crippen LogP) is 9.92. The zero-order chi connectivity index (χ0) is 31.0. The smallest absolute Gasteiger partial charge is 0.164 e. The second-order valence-corrected chi connectivity index (χ2v) is 11.5. The lowest BCUT2D eigenvalue weighted by molar-refractivity contribution is 1.07. The summed E-state index contributed by atoms with van der Waals surface area (Å²) in [5.41, 5.74) is 11.1. The van der Waals surface area contributed by atoms with Crippen molar-refractivity contribution < 1.29 is 0 Å². The summed E-state index contributed by atoms with van der Waals surface area (Å²) in [6.07, 6.45) is 0. The van der Waals surface area contributed by atoms with Gasteiger partial charge in [0.15, 0.2) is 17.5 Å². The Morgan fingerprint density at radius 3 is 1.61 bits per heavy atom. The molecule has 0 unspecified atom stereocenters. The molecule has 5 nitrogen and oxygen atoms in total. The molecule has 0 atom stereocenters. The number of hydrogen-bond acceptors (Lipinski definition) is 5. The third-order valence-corrected chi connectivity index (χ3v) is 8.31. The maximum absolute atomic E-state index is 5.09. The first-order chi connectivity index (χ1) is 22.6. The van der Waals surface area contributed by atoms with Crippen molar-refractivity contribution in [2.24, 2.45) is 0 Å². The summed E-state index contributed by atoms with van der Waals surface area (Å²) >= 11 is 0. The first kappa shape index (κ1) is 27.5. The van der Waals surface area contributed by atoms with E-state index in [0.29, 0.717) is 17.5 Å². The minimum atomic E-state index is 0.637. The molecule has 8 aromatic rings. The zero-order valence-corrected chi connectivity index (χ0v) is 25.5. The Morgan fingerprint density at radius 1 is 0.370 bits per heavy atom. The molecule has 0 N–H and O–H groups in total. The molecule has 0 saturated heterocycles. The van der Waals surface area contributed by atoms with Crippen LogP contribution in [0.5, 0.6) is 0 Å². The van der Waals surface area contributed by atoms with Crippen molar-refractivity contribution in [3.8, 4) is 56.5 Å². The SMILES string of the molecule is Cc1cc(C)c2ccc3ccc(-c4ccc(-c5cccc(-c6nc(-c7ccccc7)nc(-c7ccccc7)n6)c5)cc4)nc3c2n1. The molecule has 0 fully saturated rings. The summed E-state index contributed by atoms with van der Waals surface area (Å²) in [5.74, 6) is 1.93. The van der Waals surface area contributed by atoms with E-state index < -0.39 is 0 Å². The van der Waals surface area contributed by atoms with E-state index in [1.807, 2.05) is 67.6 Å². The van der Waals surface area contributed by atoms with Gasteiger partial charge >= 0.3 is 0 Å². The molecule has 5 aromatic carbocycles. The van der Waals surface area contributed by atoms with Gasteiger partial charge < -0.3 is 0 Å². The number of fused-ring (bicyclic) bond motifs is 3. The summed E-state index contributed by atoms with van der Waals surface area (Å²) in [6.45, 7) is 4.17. The Hall–Kier alpha value is -6.07. The highest BCUT2D eigenvalue weighted by Crippen LogP contribution is 2.31. The van der Waals surface area contributed by atoms with Gasteiger partial charge in [0.05, 0.1) is 16.7 Å². The van der Waals surface area contributed by atoms with Crippen LogP contribution in [-0.4, -0.2) is 24.9 Å². The molecular formula is C41H29N5. The lowest BCUT2D eigenvalue weighted by atomic mass is 10.00. The average molecular weight is 592 g/mol. The van der Waals surface area contributed by atoms with Gasteiger partial charge in [-0.3, -0.25) is 4.98 Å². The fourth-order valence-corrected chi connectivity index (χ4v) is 5.97. The van der Waals surface area contributed by atoms with E-state index in [4.69, 9.17) is 24.9 Å². The van der Waals surface area contributed by atoms with E-state index in [0.717, 1.165) is 66.6 Å².